The third kappa shape index (κ3) is 2.44. The molecule has 0 bridgehead atoms. The first-order valence-electron chi connectivity index (χ1n) is 4.66. The van der Waals surface area contributed by atoms with Crippen LogP contribution in [0.1, 0.15) is 32.3 Å². The van der Waals surface area contributed by atoms with E-state index in [0.29, 0.717) is 0 Å². The minimum absolute atomic E-state index is 0.0361. The summed E-state index contributed by atoms with van der Waals surface area (Å²) < 4.78 is 1.01. The number of hydrogen-bond acceptors (Lipinski definition) is 1. The molecular formula is C12H15BrO. The third-order valence-corrected chi connectivity index (χ3v) is 3.03. The van der Waals surface area contributed by atoms with Gasteiger partial charge in [-0.15, -0.1) is 0 Å². The highest BCUT2D eigenvalue weighted by atomic mass is 79.9. The van der Waals surface area contributed by atoms with Crippen LogP contribution in [0, 0.1) is 5.41 Å². The number of benzene rings is 1. The Morgan fingerprint density at radius 2 is 1.86 bits per heavy atom. The van der Waals surface area contributed by atoms with Gasteiger partial charge in [0.2, 0.25) is 0 Å². The lowest BCUT2D eigenvalue weighted by atomic mass is 9.77. The van der Waals surface area contributed by atoms with Crippen molar-refractivity contribution < 1.29 is 4.79 Å². The van der Waals surface area contributed by atoms with Crippen LogP contribution in [0.5, 0.6) is 0 Å². The molecular weight excluding hydrogens is 240 g/mol. The van der Waals surface area contributed by atoms with E-state index in [0.717, 1.165) is 16.3 Å². The Kier molecular flexibility index (Phi) is 3.48. The second-order valence-corrected chi connectivity index (χ2v) is 5.36. The summed E-state index contributed by atoms with van der Waals surface area (Å²) in [4.78, 5) is 11.1. The predicted octanol–water partition coefficient (Wildman–Crippen LogP) is 3.78. The van der Waals surface area contributed by atoms with Crippen LogP contribution < -0.4 is 0 Å². The predicted molar refractivity (Wildman–Crippen MR) is 62.4 cm³/mol. The topological polar surface area (TPSA) is 17.1 Å². The summed E-state index contributed by atoms with van der Waals surface area (Å²) in [6, 6.07) is 7.88. The SMILES string of the molecule is CC(C)(C)C(C=O)c1ccccc1Br. The number of carbonyl (C=O) groups is 1. The molecule has 0 aliphatic rings. The van der Waals surface area contributed by atoms with Gasteiger partial charge in [0.05, 0.1) is 0 Å². The van der Waals surface area contributed by atoms with Crippen LogP contribution in [0.25, 0.3) is 0 Å². The van der Waals surface area contributed by atoms with Gasteiger partial charge in [-0.3, -0.25) is 0 Å². The zero-order valence-electron chi connectivity index (χ0n) is 8.75. The van der Waals surface area contributed by atoms with E-state index in [1.165, 1.54) is 0 Å². The van der Waals surface area contributed by atoms with E-state index in [-0.39, 0.29) is 11.3 Å². The molecule has 76 valence electrons. The molecule has 0 aliphatic heterocycles. The second kappa shape index (κ2) is 4.26. The minimum atomic E-state index is -0.0573. The van der Waals surface area contributed by atoms with Gasteiger partial charge >= 0.3 is 0 Å². The van der Waals surface area contributed by atoms with Crippen LogP contribution >= 0.6 is 15.9 Å². The van der Waals surface area contributed by atoms with Crippen molar-refractivity contribution in [2.75, 3.05) is 0 Å². The van der Waals surface area contributed by atoms with E-state index in [9.17, 15) is 4.79 Å². The summed E-state index contributed by atoms with van der Waals surface area (Å²) in [7, 11) is 0. The Labute approximate surface area is 93.7 Å². The van der Waals surface area contributed by atoms with E-state index < -0.39 is 0 Å². The number of hydrogen-bond donors (Lipinski definition) is 0. The maximum atomic E-state index is 11.1. The van der Waals surface area contributed by atoms with E-state index in [4.69, 9.17) is 0 Å². The van der Waals surface area contributed by atoms with Gasteiger partial charge in [-0.1, -0.05) is 54.9 Å². The highest BCUT2D eigenvalue weighted by Crippen LogP contribution is 2.36. The molecule has 1 rings (SSSR count). The smallest absolute Gasteiger partial charge is 0.128 e. The third-order valence-electron chi connectivity index (χ3n) is 2.31. The van der Waals surface area contributed by atoms with Crippen molar-refractivity contribution in [2.24, 2.45) is 5.41 Å². The van der Waals surface area contributed by atoms with E-state index in [1.54, 1.807) is 0 Å². The highest BCUT2D eigenvalue weighted by molar-refractivity contribution is 9.10. The Morgan fingerprint density at radius 1 is 1.29 bits per heavy atom. The summed E-state index contributed by atoms with van der Waals surface area (Å²) in [6.45, 7) is 6.22. The van der Waals surface area contributed by atoms with Gasteiger partial charge in [0.15, 0.2) is 0 Å². The molecule has 0 aliphatic carbocycles. The fraction of sp³-hybridized carbons (Fsp3) is 0.417. The van der Waals surface area contributed by atoms with Gasteiger partial charge in [-0.25, -0.2) is 0 Å². The van der Waals surface area contributed by atoms with Crippen LogP contribution in [0.15, 0.2) is 28.7 Å². The summed E-state index contributed by atoms with van der Waals surface area (Å²) in [6.07, 6.45) is 1.03. The summed E-state index contributed by atoms with van der Waals surface area (Å²) >= 11 is 3.47. The first kappa shape index (κ1) is 11.4. The first-order valence-corrected chi connectivity index (χ1v) is 5.46. The molecule has 0 spiro atoms. The lowest BCUT2D eigenvalue weighted by Crippen LogP contribution is -2.19. The average Bonchev–Trinajstić information content (AvgIpc) is 2.07. The van der Waals surface area contributed by atoms with Crippen LogP contribution in [-0.4, -0.2) is 6.29 Å². The lowest BCUT2D eigenvalue weighted by Gasteiger charge is -2.27. The monoisotopic (exact) mass is 254 g/mol. The first-order chi connectivity index (χ1) is 6.46. The van der Waals surface area contributed by atoms with E-state index in [2.05, 4.69) is 36.7 Å². The molecule has 14 heavy (non-hydrogen) atoms. The van der Waals surface area contributed by atoms with Crippen molar-refractivity contribution in [3.63, 3.8) is 0 Å². The largest absolute Gasteiger partial charge is 0.303 e. The molecule has 2 heteroatoms. The van der Waals surface area contributed by atoms with Crippen molar-refractivity contribution in [1.29, 1.82) is 0 Å². The van der Waals surface area contributed by atoms with Gasteiger partial charge in [0, 0.05) is 10.4 Å². The van der Waals surface area contributed by atoms with Gasteiger partial charge in [-0.05, 0) is 17.0 Å². The maximum Gasteiger partial charge on any atom is 0.128 e. The Hall–Kier alpha value is -0.630. The highest BCUT2D eigenvalue weighted by Gasteiger charge is 2.26. The zero-order valence-corrected chi connectivity index (χ0v) is 10.3. The zero-order chi connectivity index (χ0) is 10.8. The summed E-state index contributed by atoms with van der Waals surface area (Å²) in [5.74, 6) is -0.0573. The van der Waals surface area contributed by atoms with E-state index in [1.807, 2.05) is 24.3 Å². The molecule has 0 saturated heterocycles. The Morgan fingerprint density at radius 3 is 2.29 bits per heavy atom. The number of halogens is 1. The molecule has 0 N–H and O–H groups in total. The van der Waals surface area contributed by atoms with Gasteiger partial charge in [-0.2, -0.15) is 0 Å². The normalized spacial score (nSPS) is 13.7. The lowest BCUT2D eigenvalue weighted by molar-refractivity contribution is -0.111. The molecule has 0 radical (unpaired) electrons. The molecule has 1 atom stereocenters. The summed E-state index contributed by atoms with van der Waals surface area (Å²) in [5.41, 5.74) is 1.03. The van der Waals surface area contributed by atoms with E-state index >= 15 is 0 Å². The molecule has 1 unspecified atom stereocenters. The minimum Gasteiger partial charge on any atom is -0.303 e. The molecule has 0 heterocycles. The number of aldehydes is 1. The van der Waals surface area contributed by atoms with Crippen LogP contribution in [0.3, 0.4) is 0 Å². The van der Waals surface area contributed by atoms with Crippen molar-refractivity contribution >= 4 is 22.2 Å². The van der Waals surface area contributed by atoms with Crippen molar-refractivity contribution in [3.05, 3.63) is 34.3 Å². The van der Waals surface area contributed by atoms with Crippen LogP contribution in [0.2, 0.25) is 0 Å². The van der Waals surface area contributed by atoms with Crippen LogP contribution in [0.4, 0.5) is 0 Å². The molecule has 1 aromatic carbocycles. The Bertz CT molecular complexity index is 325. The average molecular weight is 255 g/mol. The molecule has 1 aromatic rings. The molecule has 0 saturated carbocycles. The Balaban J connectivity index is 3.14. The molecule has 0 fully saturated rings. The van der Waals surface area contributed by atoms with Crippen molar-refractivity contribution in [2.45, 2.75) is 26.7 Å². The second-order valence-electron chi connectivity index (χ2n) is 4.50. The summed E-state index contributed by atoms with van der Waals surface area (Å²) in [5, 5.41) is 0. The van der Waals surface area contributed by atoms with Gasteiger partial charge < -0.3 is 4.79 Å². The number of rotatable bonds is 2. The van der Waals surface area contributed by atoms with Crippen molar-refractivity contribution in [3.8, 4) is 0 Å². The van der Waals surface area contributed by atoms with Gasteiger partial charge in [0.1, 0.15) is 6.29 Å². The molecule has 1 nitrogen and oxygen atoms in total. The molecule has 0 amide bonds. The fourth-order valence-corrected chi connectivity index (χ4v) is 2.00. The van der Waals surface area contributed by atoms with Crippen molar-refractivity contribution in [1.82, 2.24) is 0 Å². The van der Waals surface area contributed by atoms with Gasteiger partial charge in [0.25, 0.3) is 0 Å². The fourth-order valence-electron chi connectivity index (χ4n) is 1.47. The maximum absolute atomic E-state index is 11.1. The quantitative estimate of drug-likeness (QED) is 0.735. The molecule has 0 aromatic heterocycles. The standard InChI is InChI=1S/C12H15BrO/c1-12(2,3)10(8-14)9-6-4-5-7-11(9)13/h4-8,10H,1-3H3. The van der Waals surface area contributed by atoms with Crippen LogP contribution in [-0.2, 0) is 4.79 Å². The number of carbonyl (C=O) groups excluding carboxylic acids is 1.